The number of methoxy groups -OCH3 is 1. The van der Waals surface area contributed by atoms with E-state index in [0.29, 0.717) is 23.8 Å². The molecule has 2 aromatic rings. The lowest BCUT2D eigenvalue weighted by molar-refractivity contribution is -0.120. The van der Waals surface area contributed by atoms with Crippen LogP contribution in [0.5, 0.6) is 11.5 Å². The van der Waals surface area contributed by atoms with Gasteiger partial charge in [-0.1, -0.05) is 6.07 Å². The van der Waals surface area contributed by atoms with Gasteiger partial charge in [0.05, 0.1) is 20.1 Å². The number of aromatic amines is 2. The molecule has 0 aliphatic rings. The lowest BCUT2D eigenvalue weighted by atomic mass is 10.1. The smallest absolute Gasteiger partial charge is 0.325 e. The number of amides is 1. The Morgan fingerprint density at radius 2 is 1.96 bits per heavy atom. The van der Waals surface area contributed by atoms with E-state index in [4.69, 9.17) is 9.47 Å². The van der Waals surface area contributed by atoms with E-state index >= 15 is 0 Å². The SMILES string of the molecule is CCOc1cc(CNC(=O)Cc2c(C)[nH]c(=O)[nH]c2=O)ccc1OC. The summed E-state index contributed by atoms with van der Waals surface area (Å²) >= 11 is 0. The van der Waals surface area contributed by atoms with Crippen molar-refractivity contribution in [2.75, 3.05) is 13.7 Å². The molecule has 1 aromatic heterocycles. The van der Waals surface area contributed by atoms with E-state index in [2.05, 4.69) is 15.3 Å². The highest BCUT2D eigenvalue weighted by Crippen LogP contribution is 2.27. The molecule has 25 heavy (non-hydrogen) atoms. The van der Waals surface area contributed by atoms with E-state index in [1.54, 1.807) is 26.2 Å². The number of ether oxygens (including phenoxy) is 2. The maximum absolute atomic E-state index is 12.1. The van der Waals surface area contributed by atoms with Gasteiger partial charge in [0.15, 0.2) is 11.5 Å². The van der Waals surface area contributed by atoms with Crippen LogP contribution in [0, 0.1) is 6.92 Å². The quantitative estimate of drug-likeness (QED) is 0.680. The summed E-state index contributed by atoms with van der Waals surface area (Å²) in [4.78, 5) is 39.6. The third kappa shape index (κ3) is 4.72. The molecule has 0 fully saturated rings. The van der Waals surface area contributed by atoms with Crippen LogP contribution in [0.3, 0.4) is 0 Å². The predicted octanol–water partition coefficient (Wildman–Crippen LogP) is 0.638. The standard InChI is InChI=1S/C17H21N3O5/c1-4-25-14-7-11(5-6-13(14)24-3)9-18-15(21)8-12-10(2)19-17(23)20-16(12)22/h5-7H,4,8-9H2,1-3H3,(H,18,21)(H2,19,20,22,23). The van der Waals surface area contributed by atoms with Crippen molar-refractivity contribution in [2.45, 2.75) is 26.8 Å². The first-order valence-corrected chi connectivity index (χ1v) is 7.83. The van der Waals surface area contributed by atoms with Crippen LogP contribution >= 0.6 is 0 Å². The Hall–Kier alpha value is -3.03. The van der Waals surface area contributed by atoms with Crippen LogP contribution in [0.1, 0.15) is 23.7 Å². The zero-order valence-electron chi connectivity index (χ0n) is 14.4. The number of nitrogens with one attached hydrogen (secondary N) is 3. The second kappa shape index (κ2) is 8.18. The van der Waals surface area contributed by atoms with Gasteiger partial charge < -0.3 is 19.8 Å². The van der Waals surface area contributed by atoms with Gasteiger partial charge in [-0.2, -0.15) is 0 Å². The van der Waals surface area contributed by atoms with Crippen molar-refractivity contribution in [2.24, 2.45) is 0 Å². The lowest BCUT2D eigenvalue weighted by Gasteiger charge is -2.12. The van der Waals surface area contributed by atoms with Gasteiger partial charge in [-0.3, -0.25) is 14.6 Å². The maximum Gasteiger partial charge on any atom is 0.325 e. The predicted molar refractivity (Wildman–Crippen MR) is 92.1 cm³/mol. The molecule has 0 aliphatic heterocycles. The van der Waals surface area contributed by atoms with Crippen molar-refractivity contribution < 1.29 is 14.3 Å². The van der Waals surface area contributed by atoms with Crippen LogP contribution in [-0.4, -0.2) is 29.6 Å². The molecule has 1 amide bonds. The first kappa shape index (κ1) is 18.3. The van der Waals surface area contributed by atoms with Gasteiger partial charge in [-0.05, 0) is 31.5 Å². The fourth-order valence-electron chi connectivity index (χ4n) is 2.36. The van der Waals surface area contributed by atoms with Crippen LogP contribution in [0.2, 0.25) is 0 Å². The molecule has 1 aromatic carbocycles. The number of rotatable bonds is 7. The van der Waals surface area contributed by atoms with Crippen LogP contribution < -0.4 is 26.0 Å². The van der Waals surface area contributed by atoms with Crippen molar-refractivity contribution in [3.63, 3.8) is 0 Å². The van der Waals surface area contributed by atoms with Crippen molar-refractivity contribution in [1.82, 2.24) is 15.3 Å². The topological polar surface area (TPSA) is 113 Å². The molecule has 2 rings (SSSR count). The van der Waals surface area contributed by atoms with Crippen LogP contribution in [0.4, 0.5) is 0 Å². The van der Waals surface area contributed by atoms with Gasteiger partial charge >= 0.3 is 5.69 Å². The summed E-state index contributed by atoms with van der Waals surface area (Å²) in [5.41, 5.74) is 0.311. The number of hydrogen-bond acceptors (Lipinski definition) is 5. The molecule has 0 unspecified atom stereocenters. The number of carbonyl (C=O) groups is 1. The molecule has 0 saturated carbocycles. The third-order valence-corrected chi connectivity index (χ3v) is 3.61. The lowest BCUT2D eigenvalue weighted by Crippen LogP contribution is -2.32. The van der Waals surface area contributed by atoms with Gasteiger partial charge in [-0.15, -0.1) is 0 Å². The minimum atomic E-state index is -0.589. The van der Waals surface area contributed by atoms with E-state index in [-0.39, 0.29) is 24.4 Å². The van der Waals surface area contributed by atoms with Crippen molar-refractivity contribution >= 4 is 5.91 Å². The molecule has 134 valence electrons. The highest BCUT2D eigenvalue weighted by atomic mass is 16.5. The highest BCUT2D eigenvalue weighted by molar-refractivity contribution is 5.78. The van der Waals surface area contributed by atoms with Crippen molar-refractivity contribution in [3.8, 4) is 11.5 Å². The van der Waals surface area contributed by atoms with E-state index in [9.17, 15) is 14.4 Å². The molecule has 0 atom stereocenters. The number of aromatic nitrogens is 2. The normalized spacial score (nSPS) is 10.4. The molecular formula is C17H21N3O5. The van der Waals surface area contributed by atoms with Gasteiger partial charge in [0.1, 0.15) is 0 Å². The second-order valence-electron chi connectivity index (χ2n) is 5.38. The van der Waals surface area contributed by atoms with Gasteiger partial charge in [0, 0.05) is 17.8 Å². The van der Waals surface area contributed by atoms with Crippen molar-refractivity contribution in [3.05, 3.63) is 55.9 Å². The Bertz CT molecular complexity index is 869. The van der Waals surface area contributed by atoms with E-state index < -0.39 is 11.2 Å². The summed E-state index contributed by atoms with van der Waals surface area (Å²) < 4.78 is 10.7. The molecule has 0 bridgehead atoms. The first-order valence-electron chi connectivity index (χ1n) is 7.83. The minimum Gasteiger partial charge on any atom is -0.493 e. The Morgan fingerprint density at radius 3 is 2.60 bits per heavy atom. The molecule has 8 nitrogen and oxygen atoms in total. The molecule has 0 spiro atoms. The van der Waals surface area contributed by atoms with Gasteiger partial charge in [0.25, 0.3) is 5.56 Å². The Morgan fingerprint density at radius 1 is 1.20 bits per heavy atom. The zero-order chi connectivity index (χ0) is 18.4. The largest absolute Gasteiger partial charge is 0.493 e. The first-order chi connectivity index (χ1) is 11.9. The monoisotopic (exact) mass is 347 g/mol. The van der Waals surface area contributed by atoms with Crippen LogP contribution in [0.25, 0.3) is 0 Å². The molecule has 8 heteroatoms. The summed E-state index contributed by atoms with van der Waals surface area (Å²) in [5, 5.41) is 2.74. The number of H-pyrrole nitrogens is 2. The summed E-state index contributed by atoms with van der Waals surface area (Å²) in [6, 6.07) is 5.38. The average molecular weight is 347 g/mol. The minimum absolute atomic E-state index is 0.119. The molecule has 0 radical (unpaired) electrons. The fraction of sp³-hybridized carbons (Fsp3) is 0.353. The Labute approximate surface area is 144 Å². The van der Waals surface area contributed by atoms with E-state index in [0.717, 1.165) is 5.56 Å². The van der Waals surface area contributed by atoms with E-state index in [1.807, 2.05) is 13.0 Å². The van der Waals surface area contributed by atoms with Gasteiger partial charge in [-0.25, -0.2) is 4.79 Å². The van der Waals surface area contributed by atoms with Crippen LogP contribution in [-0.2, 0) is 17.8 Å². The van der Waals surface area contributed by atoms with Gasteiger partial charge in [0.2, 0.25) is 5.91 Å². The second-order valence-corrected chi connectivity index (χ2v) is 5.38. The number of carbonyl (C=O) groups excluding carboxylic acids is 1. The highest BCUT2D eigenvalue weighted by Gasteiger charge is 2.12. The summed E-state index contributed by atoms with van der Waals surface area (Å²) in [5.74, 6) is 0.895. The number of hydrogen-bond donors (Lipinski definition) is 3. The average Bonchev–Trinajstić information content (AvgIpc) is 2.56. The van der Waals surface area contributed by atoms with Crippen molar-refractivity contribution in [1.29, 1.82) is 0 Å². The summed E-state index contributed by atoms with van der Waals surface area (Å²) in [6.07, 6.45) is -0.119. The molecule has 0 aliphatic carbocycles. The summed E-state index contributed by atoms with van der Waals surface area (Å²) in [6.45, 7) is 4.23. The molecule has 0 saturated heterocycles. The fourth-order valence-corrected chi connectivity index (χ4v) is 2.36. The molecular weight excluding hydrogens is 326 g/mol. The molecule has 1 heterocycles. The van der Waals surface area contributed by atoms with Crippen LogP contribution in [0.15, 0.2) is 27.8 Å². The molecule has 3 N–H and O–H groups in total. The number of aryl methyl sites for hydroxylation is 1. The third-order valence-electron chi connectivity index (χ3n) is 3.61. The zero-order valence-corrected chi connectivity index (χ0v) is 14.4. The Kier molecular flexibility index (Phi) is 5.99. The Balaban J connectivity index is 2.04. The van der Waals surface area contributed by atoms with E-state index in [1.165, 1.54) is 0 Å². The number of benzene rings is 1. The maximum atomic E-state index is 12.1. The summed E-state index contributed by atoms with van der Waals surface area (Å²) in [7, 11) is 1.56.